The fraction of sp³-hybridized carbons (Fsp3) is 0.625. The molecule has 0 spiro atoms. The van der Waals surface area contributed by atoms with E-state index in [0.29, 0.717) is 5.92 Å². The Kier molecular flexibility index (Phi) is 3.72. The molecule has 122 valence electrons. The van der Waals surface area contributed by atoms with Crippen molar-refractivity contribution in [3.05, 3.63) is 39.6 Å². The van der Waals surface area contributed by atoms with Crippen molar-refractivity contribution >= 4 is 0 Å². The van der Waals surface area contributed by atoms with Crippen LogP contribution in [0.25, 0.3) is 0 Å². The van der Waals surface area contributed by atoms with Crippen LogP contribution in [-0.4, -0.2) is 42.8 Å². The lowest BCUT2D eigenvalue weighted by Gasteiger charge is -2.39. The highest BCUT2D eigenvalue weighted by atomic mass is 16.1. The fourth-order valence-corrected chi connectivity index (χ4v) is 3.58. The normalized spacial score (nSPS) is 18.7. The average molecular weight is 314 g/mol. The van der Waals surface area contributed by atoms with Gasteiger partial charge in [0.15, 0.2) is 0 Å². The average Bonchev–Trinajstić information content (AvgIpc) is 2.90. The van der Waals surface area contributed by atoms with Crippen LogP contribution in [0, 0.1) is 5.92 Å². The van der Waals surface area contributed by atoms with Crippen LogP contribution in [0.15, 0.2) is 17.1 Å². The third-order valence-corrected chi connectivity index (χ3v) is 4.93. The molecule has 1 aliphatic carbocycles. The smallest absolute Gasteiger partial charge is 0.267 e. The van der Waals surface area contributed by atoms with Crippen LogP contribution in [0.3, 0.4) is 0 Å². The van der Waals surface area contributed by atoms with Crippen molar-refractivity contribution in [3.8, 4) is 0 Å². The van der Waals surface area contributed by atoms with E-state index in [0.717, 1.165) is 56.0 Å². The number of hydrogen-bond acceptors (Lipinski definition) is 5. The minimum Gasteiger partial charge on any atom is -0.297 e. The van der Waals surface area contributed by atoms with E-state index in [-0.39, 0.29) is 5.56 Å². The van der Waals surface area contributed by atoms with Crippen LogP contribution in [0.5, 0.6) is 0 Å². The maximum absolute atomic E-state index is 12.2. The third-order valence-electron chi connectivity index (χ3n) is 4.93. The molecule has 2 aliphatic rings. The molecule has 2 aromatic rings. The van der Waals surface area contributed by atoms with Crippen molar-refractivity contribution in [1.29, 1.82) is 0 Å². The largest absolute Gasteiger partial charge is 0.297 e. The molecule has 0 radical (unpaired) electrons. The van der Waals surface area contributed by atoms with Gasteiger partial charge < -0.3 is 0 Å². The molecule has 0 unspecified atom stereocenters. The van der Waals surface area contributed by atoms with Gasteiger partial charge >= 0.3 is 0 Å². The molecule has 23 heavy (non-hydrogen) atoms. The van der Waals surface area contributed by atoms with Crippen LogP contribution in [0.4, 0.5) is 0 Å². The maximum Gasteiger partial charge on any atom is 0.267 e. The molecule has 7 nitrogen and oxygen atoms in total. The molecule has 2 aromatic heterocycles. The molecule has 0 bridgehead atoms. The Morgan fingerprint density at radius 1 is 1.26 bits per heavy atom. The summed E-state index contributed by atoms with van der Waals surface area (Å²) in [6.07, 6.45) is 6.20. The second-order valence-electron chi connectivity index (χ2n) is 6.75. The van der Waals surface area contributed by atoms with Gasteiger partial charge in [-0.25, -0.2) is 4.68 Å². The number of nitrogens with zero attached hydrogens (tertiary/aromatic N) is 6. The minimum atomic E-state index is 0.0555. The third kappa shape index (κ3) is 2.93. The highest BCUT2D eigenvalue weighted by Crippen LogP contribution is 2.20. The quantitative estimate of drug-likeness (QED) is 0.816. The summed E-state index contributed by atoms with van der Waals surface area (Å²) in [7, 11) is 1.91. The van der Waals surface area contributed by atoms with Crippen molar-refractivity contribution < 1.29 is 0 Å². The second kappa shape index (κ2) is 5.88. The first-order valence-corrected chi connectivity index (χ1v) is 8.35. The van der Waals surface area contributed by atoms with Crippen molar-refractivity contribution in [2.45, 2.75) is 38.8 Å². The highest BCUT2D eigenvalue weighted by molar-refractivity contribution is 5.20. The summed E-state index contributed by atoms with van der Waals surface area (Å²) in [5, 5.41) is 12.5. The maximum atomic E-state index is 12.2. The van der Waals surface area contributed by atoms with Crippen LogP contribution in [0.2, 0.25) is 0 Å². The summed E-state index contributed by atoms with van der Waals surface area (Å²) in [5.74, 6) is 0.503. The molecule has 1 aliphatic heterocycles. The summed E-state index contributed by atoms with van der Waals surface area (Å²) in [6, 6.07) is 1.80. The van der Waals surface area contributed by atoms with Crippen LogP contribution >= 0.6 is 0 Å². The molecule has 0 N–H and O–H groups in total. The van der Waals surface area contributed by atoms with Gasteiger partial charge in [0.1, 0.15) is 0 Å². The number of likely N-dealkylation sites (tertiary alicyclic amines) is 1. The number of rotatable bonds is 4. The standard InChI is InChI=1S/C16H22N6O/c1-20-14(7-17-19-20)11-21-8-12(9-21)10-22-16(23)6-13-4-2-3-5-15(13)18-22/h6-7,12H,2-5,8-11H2,1H3. The molecule has 4 rings (SSSR count). The SMILES string of the molecule is Cn1nncc1CN1CC(Cn2nc3c(cc2=O)CCCC3)C1. The summed E-state index contributed by atoms with van der Waals surface area (Å²) < 4.78 is 3.49. The van der Waals surface area contributed by atoms with Gasteiger partial charge in [0.2, 0.25) is 0 Å². The molecule has 3 heterocycles. The first-order valence-electron chi connectivity index (χ1n) is 8.35. The lowest BCUT2D eigenvalue weighted by Crippen LogP contribution is -2.49. The predicted molar refractivity (Wildman–Crippen MR) is 84.9 cm³/mol. The van der Waals surface area contributed by atoms with Gasteiger partial charge in [-0.15, -0.1) is 5.10 Å². The molecular formula is C16H22N6O. The first kappa shape index (κ1) is 14.6. The zero-order valence-corrected chi connectivity index (χ0v) is 13.5. The van der Waals surface area contributed by atoms with Crippen LogP contribution in [-0.2, 0) is 33.0 Å². The zero-order valence-electron chi connectivity index (χ0n) is 13.5. The number of hydrogen-bond donors (Lipinski definition) is 0. The molecule has 1 fully saturated rings. The molecule has 0 amide bonds. The Hall–Kier alpha value is -2.02. The monoisotopic (exact) mass is 314 g/mol. The number of fused-ring (bicyclic) bond motifs is 1. The van der Waals surface area contributed by atoms with E-state index in [4.69, 9.17) is 0 Å². The number of aryl methyl sites for hydroxylation is 3. The second-order valence-corrected chi connectivity index (χ2v) is 6.75. The van der Waals surface area contributed by atoms with E-state index in [1.54, 1.807) is 10.7 Å². The van der Waals surface area contributed by atoms with Gasteiger partial charge in [-0.3, -0.25) is 14.4 Å². The Morgan fingerprint density at radius 2 is 2.09 bits per heavy atom. The first-order chi connectivity index (χ1) is 11.2. The molecule has 7 heteroatoms. The van der Waals surface area contributed by atoms with Crippen molar-refractivity contribution in [2.24, 2.45) is 13.0 Å². The van der Waals surface area contributed by atoms with Gasteiger partial charge in [-0.1, -0.05) is 5.21 Å². The van der Waals surface area contributed by atoms with E-state index in [1.807, 2.05) is 17.9 Å². The minimum absolute atomic E-state index is 0.0555. The van der Waals surface area contributed by atoms with Crippen LogP contribution < -0.4 is 5.56 Å². The van der Waals surface area contributed by atoms with Gasteiger partial charge in [0.25, 0.3) is 5.56 Å². The summed E-state index contributed by atoms with van der Waals surface area (Å²) in [6.45, 7) is 3.59. The Morgan fingerprint density at radius 3 is 2.87 bits per heavy atom. The molecule has 0 saturated carbocycles. The van der Waals surface area contributed by atoms with Gasteiger partial charge in [0.05, 0.1) is 24.1 Å². The van der Waals surface area contributed by atoms with E-state index in [9.17, 15) is 4.79 Å². The molecule has 1 saturated heterocycles. The lowest BCUT2D eigenvalue weighted by molar-refractivity contribution is 0.0740. The van der Waals surface area contributed by atoms with Crippen molar-refractivity contribution in [1.82, 2.24) is 29.7 Å². The predicted octanol–water partition coefficient (Wildman–Crippen LogP) is 0.383. The van der Waals surface area contributed by atoms with Gasteiger partial charge in [-0.2, -0.15) is 5.10 Å². The summed E-state index contributed by atoms with van der Waals surface area (Å²) in [5.41, 5.74) is 3.47. The Bertz CT molecular complexity index is 758. The summed E-state index contributed by atoms with van der Waals surface area (Å²) >= 11 is 0. The van der Waals surface area contributed by atoms with E-state index in [1.165, 1.54) is 12.8 Å². The molecule has 0 atom stereocenters. The van der Waals surface area contributed by atoms with Crippen molar-refractivity contribution in [2.75, 3.05) is 13.1 Å². The lowest BCUT2D eigenvalue weighted by atomic mass is 9.96. The zero-order chi connectivity index (χ0) is 15.8. The van der Waals surface area contributed by atoms with E-state index < -0.39 is 0 Å². The topological polar surface area (TPSA) is 68.8 Å². The van der Waals surface area contributed by atoms with Gasteiger partial charge in [-0.05, 0) is 31.2 Å². The van der Waals surface area contributed by atoms with Gasteiger partial charge in [0, 0.05) is 38.7 Å². The highest BCUT2D eigenvalue weighted by Gasteiger charge is 2.28. The molecule has 0 aromatic carbocycles. The Labute approximate surface area is 134 Å². The molecular weight excluding hydrogens is 292 g/mol. The fourth-order valence-electron chi connectivity index (χ4n) is 3.58. The summed E-state index contributed by atoms with van der Waals surface area (Å²) in [4.78, 5) is 14.6. The number of aromatic nitrogens is 5. The van der Waals surface area contributed by atoms with E-state index >= 15 is 0 Å². The van der Waals surface area contributed by atoms with Crippen LogP contribution in [0.1, 0.15) is 29.8 Å². The van der Waals surface area contributed by atoms with Crippen molar-refractivity contribution in [3.63, 3.8) is 0 Å². The Balaban J connectivity index is 1.37. The van der Waals surface area contributed by atoms with E-state index in [2.05, 4.69) is 20.3 Å².